The van der Waals surface area contributed by atoms with Crippen LogP contribution in [0.4, 0.5) is 8.78 Å². The van der Waals surface area contributed by atoms with Gasteiger partial charge in [-0.15, -0.1) is 0 Å². The van der Waals surface area contributed by atoms with Crippen LogP contribution in [-0.4, -0.2) is 17.7 Å². The maximum atomic E-state index is 13.6. The maximum Gasteiger partial charge on any atom is 0.313 e. The standard InChI is InChI=1S/C14H14F2O3/c1-3-12(17)19-11-7-14(15,16)13(18)9-5-4-8(2)6-10(9)11/h4-6,11H,3,7H2,1-2H3. The molecule has 0 bridgehead atoms. The Labute approximate surface area is 109 Å². The van der Waals surface area contributed by atoms with Gasteiger partial charge in [0.15, 0.2) is 0 Å². The molecule has 0 heterocycles. The molecule has 2 rings (SSSR count). The lowest BCUT2D eigenvalue weighted by molar-refractivity contribution is -0.153. The van der Waals surface area contributed by atoms with Gasteiger partial charge in [0, 0.05) is 17.5 Å². The molecule has 0 fully saturated rings. The van der Waals surface area contributed by atoms with Gasteiger partial charge in [-0.1, -0.05) is 30.7 Å². The van der Waals surface area contributed by atoms with Gasteiger partial charge in [-0.2, -0.15) is 8.78 Å². The van der Waals surface area contributed by atoms with Gasteiger partial charge in [0.05, 0.1) is 6.42 Å². The molecule has 0 aliphatic heterocycles. The predicted molar refractivity (Wildman–Crippen MR) is 64.2 cm³/mol. The number of alkyl halides is 2. The van der Waals surface area contributed by atoms with Gasteiger partial charge >= 0.3 is 11.9 Å². The highest BCUT2D eigenvalue weighted by Crippen LogP contribution is 2.41. The molecule has 1 aromatic carbocycles. The Morgan fingerprint density at radius 2 is 2.16 bits per heavy atom. The molecule has 0 radical (unpaired) electrons. The van der Waals surface area contributed by atoms with Crippen molar-refractivity contribution in [3.8, 4) is 0 Å². The van der Waals surface area contributed by atoms with Crippen LogP contribution in [-0.2, 0) is 9.53 Å². The van der Waals surface area contributed by atoms with Gasteiger partial charge in [-0.25, -0.2) is 0 Å². The Morgan fingerprint density at radius 1 is 1.47 bits per heavy atom. The molecule has 0 saturated heterocycles. The number of aryl methyl sites for hydroxylation is 1. The van der Waals surface area contributed by atoms with Crippen LogP contribution in [0.5, 0.6) is 0 Å². The highest BCUT2D eigenvalue weighted by molar-refractivity contribution is 6.04. The molecule has 3 nitrogen and oxygen atoms in total. The van der Waals surface area contributed by atoms with Crippen molar-refractivity contribution in [3.63, 3.8) is 0 Å². The summed E-state index contributed by atoms with van der Waals surface area (Å²) in [5.41, 5.74) is 1.14. The van der Waals surface area contributed by atoms with E-state index < -0.39 is 30.2 Å². The van der Waals surface area contributed by atoms with Crippen molar-refractivity contribution in [2.24, 2.45) is 0 Å². The van der Waals surface area contributed by atoms with Crippen molar-refractivity contribution in [1.29, 1.82) is 0 Å². The molecular weight excluding hydrogens is 254 g/mol. The largest absolute Gasteiger partial charge is 0.457 e. The molecule has 0 amide bonds. The van der Waals surface area contributed by atoms with Crippen LogP contribution in [0.25, 0.3) is 0 Å². The summed E-state index contributed by atoms with van der Waals surface area (Å²) in [6, 6.07) is 4.58. The van der Waals surface area contributed by atoms with Crippen LogP contribution in [0.2, 0.25) is 0 Å². The van der Waals surface area contributed by atoms with Gasteiger partial charge in [0.2, 0.25) is 5.78 Å². The summed E-state index contributed by atoms with van der Waals surface area (Å²) < 4.78 is 32.3. The van der Waals surface area contributed by atoms with E-state index in [4.69, 9.17) is 4.74 Å². The van der Waals surface area contributed by atoms with E-state index in [0.29, 0.717) is 5.56 Å². The fourth-order valence-corrected chi connectivity index (χ4v) is 2.13. The first-order chi connectivity index (χ1) is 8.85. The van der Waals surface area contributed by atoms with E-state index in [9.17, 15) is 18.4 Å². The second-order valence-corrected chi connectivity index (χ2v) is 4.66. The average molecular weight is 268 g/mol. The molecule has 1 atom stereocenters. The highest BCUT2D eigenvalue weighted by atomic mass is 19.3. The number of fused-ring (bicyclic) bond motifs is 1. The molecule has 1 unspecified atom stereocenters. The lowest BCUT2D eigenvalue weighted by Crippen LogP contribution is -2.37. The Bertz CT molecular complexity index is 537. The number of Topliss-reactive ketones (excluding diaryl/α,β-unsaturated/α-hetero) is 1. The number of rotatable bonds is 2. The molecule has 19 heavy (non-hydrogen) atoms. The van der Waals surface area contributed by atoms with Gasteiger partial charge in [-0.3, -0.25) is 9.59 Å². The van der Waals surface area contributed by atoms with Crippen molar-refractivity contribution in [1.82, 2.24) is 0 Å². The Balaban J connectivity index is 2.46. The summed E-state index contributed by atoms with van der Waals surface area (Å²) >= 11 is 0. The van der Waals surface area contributed by atoms with Gasteiger partial charge in [0.1, 0.15) is 6.10 Å². The van der Waals surface area contributed by atoms with Gasteiger partial charge < -0.3 is 4.74 Å². The molecule has 0 aromatic heterocycles. The SMILES string of the molecule is CCC(=O)OC1CC(F)(F)C(=O)c2ccc(C)cc21. The van der Waals surface area contributed by atoms with Crippen molar-refractivity contribution in [2.45, 2.75) is 38.7 Å². The molecule has 0 spiro atoms. The molecule has 5 heteroatoms. The van der Waals surface area contributed by atoms with Crippen LogP contribution in [0.1, 0.15) is 47.4 Å². The fourth-order valence-electron chi connectivity index (χ4n) is 2.13. The van der Waals surface area contributed by atoms with E-state index in [0.717, 1.165) is 5.56 Å². The second-order valence-electron chi connectivity index (χ2n) is 4.66. The van der Waals surface area contributed by atoms with Crippen LogP contribution in [0, 0.1) is 6.92 Å². The van der Waals surface area contributed by atoms with E-state index >= 15 is 0 Å². The third-order valence-electron chi connectivity index (χ3n) is 3.13. The van der Waals surface area contributed by atoms with Crippen LogP contribution in [0.3, 0.4) is 0 Å². The number of benzene rings is 1. The third-order valence-corrected chi connectivity index (χ3v) is 3.13. The first kappa shape index (κ1) is 13.6. The number of halogens is 2. The van der Waals surface area contributed by atoms with Crippen LogP contribution >= 0.6 is 0 Å². The minimum Gasteiger partial charge on any atom is -0.457 e. The highest BCUT2D eigenvalue weighted by Gasteiger charge is 2.48. The van der Waals surface area contributed by atoms with E-state index in [1.54, 1.807) is 26.0 Å². The number of ether oxygens (including phenoxy) is 1. The number of carbonyl (C=O) groups excluding carboxylic acids is 2. The van der Waals surface area contributed by atoms with Crippen LogP contribution in [0.15, 0.2) is 18.2 Å². The zero-order valence-corrected chi connectivity index (χ0v) is 10.7. The summed E-state index contributed by atoms with van der Waals surface area (Å²) in [5, 5.41) is 0. The molecule has 1 aliphatic carbocycles. The summed E-state index contributed by atoms with van der Waals surface area (Å²) in [5.74, 6) is -5.24. The maximum absolute atomic E-state index is 13.6. The zero-order chi connectivity index (χ0) is 14.2. The minimum atomic E-state index is -3.49. The smallest absolute Gasteiger partial charge is 0.313 e. The number of carbonyl (C=O) groups is 2. The lowest BCUT2D eigenvalue weighted by atomic mass is 9.85. The first-order valence-electron chi connectivity index (χ1n) is 6.08. The monoisotopic (exact) mass is 268 g/mol. The first-order valence-corrected chi connectivity index (χ1v) is 6.08. The summed E-state index contributed by atoms with van der Waals surface area (Å²) in [7, 11) is 0. The van der Waals surface area contributed by atoms with E-state index in [-0.39, 0.29) is 12.0 Å². The summed E-state index contributed by atoms with van der Waals surface area (Å²) in [6.45, 7) is 3.38. The molecule has 0 N–H and O–H groups in total. The molecule has 102 valence electrons. The van der Waals surface area contributed by atoms with Crippen molar-refractivity contribution in [2.75, 3.05) is 0 Å². The Hall–Kier alpha value is -1.78. The second kappa shape index (κ2) is 4.72. The number of hydrogen-bond acceptors (Lipinski definition) is 3. The fraction of sp³-hybridized carbons (Fsp3) is 0.429. The lowest BCUT2D eigenvalue weighted by Gasteiger charge is -2.30. The number of ketones is 1. The third kappa shape index (κ3) is 2.50. The normalized spacial score (nSPS) is 20.8. The summed E-state index contributed by atoms with van der Waals surface area (Å²) in [4.78, 5) is 23.0. The number of hydrogen-bond donors (Lipinski definition) is 0. The average Bonchev–Trinajstić information content (AvgIpc) is 2.35. The predicted octanol–water partition coefficient (Wildman–Crippen LogP) is 3.21. The summed E-state index contributed by atoms with van der Waals surface area (Å²) in [6.07, 6.45) is -1.74. The quantitative estimate of drug-likeness (QED) is 0.773. The van der Waals surface area contributed by atoms with Crippen LogP contribution < -0.4 is 0 Å². The molecule has 0 saturated carbocycles. The zero-order valence-electron chi connectivity index (χ0n) is 10.7. The number of esters is 1. The topological polar surface area (TPSA) is 43.4 Å². The molecular formula is C14H14F2O3. The van der Waals surface area contributed by atoms with E-state index in [1.165, 1.54) is 6.07 Å². The molecule has 1 aliphatic rings. The Kier molecular flexibility index (Phi) is 3.39. The van der Waals surface area contributed by atoms with E-state index in [1.807, 2.05) is 0 Å². The van der Waals surface area contributed by atoms with Gasteiger partial charge in [0.25, 0.3) is 0 Å². The Morgan fingerprint density at radius 3 is 2.79 bits per heavy atom. The van der Waals surface area contributed by atoms with E-state index in [2.05, 4.69) is 0 Å². The van der Waals surface area contributed by atoms with Crippen molar-refractivity contribution in [3.05, 3.63) is 34.9 Å². The van der Waals surface area contributed by atoms with Gasteiger partial charge in [-0.05, 0) is 6.92 Å². The van der Waals surface area contributed by atoms with Crippen molar-refractivity contribution >= 4 is 11.8 Å². The molecule has 1 aromatic rings. The minimum absolute atomic E-state index is 0.0595. The van der Waals surface area contributed by atoms with Crippen molar-refractivity contribution < 1.29 is 23.1 Å².